The molecule has 2 rings (SSSR count). The van der Waals surface area contributed by atoms with Crippen LogP contribution in [0.2, 0.25) is 0 Å². The third-order valence-electron chi connectivity index (χ3n) is 2.89. The molecule has 1 aromatic rings. The van der Waals surface area contributed by atoms with E-state index in [1.165, 1.54) is 0 Å². The second-order valence-corrected chi connectivity index (χ2v) is 3.96. The highest BCUT2D eigenvalue weighted by atomic mass is 19.1. The fourth-order valence-electron chi connectivity index (χ4n) is 2.08. The monoisotopic (exact) mass is 209 g/mol. The zero-order chi connectivity index (χ0) is 10.7. The molecule has 1 unspecified atom stereocenters. The van der Waals surface area contributed by atoms with E-state index in [1.807, 2.05) is 24.3 Å². The Morgan fingerprint density at radius 2 is 2.20 bits per heavy atom. The smallest absolute Gasteiger partial charge is 0.161 e. The lowest BCUT2D eigenvalue weighted by molar-refractivity contribution is 0.111. The van der Waals surface area contributed by atoms with E-state index >= 15 is 0 Å². The highest BCUT2D eigenvalue weighted by Crippen LogP contribution is 2.36. The Bertz CT molecular complexity index is 334. The van der Waals surface area contributed by atoms with Gasteiger partial charge in [0.05, 0.1) is 13.2 Å². The average Bonchev–Trinajstić information content (AvgIpc) is 2.68. The Morgan fingerprint density at radius 1 is 1.40 bits per heavy atom. The van der Waals surface area contributed by atoms with Gasteiger partial charge in [-0.3, -0.25) is 0 Å². The van der Waals surface area contributed by atoms with Gasteiger partial charge in [-0.25, -0.2) is 4.39 Å². The van der Waals surface area contributed by atoms with Crippen LogP contribution in [0.3, 0.4) is 0 Å². The minimum absolute atomic E-state index is 0.175. The van der Waals surface area contributed by atoms with E-state index in [2.05, 4.69) is 0 Å². The largest absolute Gasteiger partial charge is 0.378 e. The molecule has 3 heteroatoms. The van der Waals surface area contributed by atoms with Gasteiger partial charge in [-0.1, -0.05) is 24.3 Å². The number of nitrogens with two attached hydrogens (primary N) is 1. The van der Waals surface area contributed by atoms with Crippen LogP contribution < -0.4 is 5.73 Å². The van der Waals surface area contributed by atoms with E-state index in [1.54, 1.807) is 0 Å². The minimum atomic E-state index is -1.30. The molecule has 0 aliphatic carbocycles. The lowest BCUT2D eigenvalue weighted by atomic mass is 9.89. The Labute approximate surface area is 89.2 Å². The van der Waals surface area contributed by atoms with Crippen molar-refractivity contribution in [3.05, 3.63) is 35.4 Å². The summed E-state index contributed by atoms with van der Waals surface area (Å²) < 4.78 is 19.6. The highest BCUT2D eigenvalue weighted by Gasteiger charge is 2.37. The van der Waals surface area contributed by atoms with Gasteiger partial charge in [-0.2, -0.15) is 0 Å². The van der Waals surface area contributed by atoms with Crippen LogP contribution in [0.5, 0.6) is 0 Å². The van der Waals surface area contributed by atoms with Gasteiger partial charge in [0.1, 0.15) is 0 Å². The van der Waals surface area contributed by atoms with Crippen molar-refractivity contribution in [2.45, 2.75) is 18.5 Å². The molecule has 0 saturated carbocycles. The number of ether oxygens (including phenoxy) is 1. The van der Waals surface area contributed by atoms with Gasteiger partial charge in [0.15, 0.2) is 5.67 Å². The summed E-state index contributed by atoms with van der Waals surface area (Å²) in [6.45, 7) is 1.23. The van der Waals surface area contributed by atoms with Crippen molar-refractivity contribution in [3.63, 3.8) is 0 Å². The van der Waals surface area contributed by atoms with E-state index < -0.39 is 5.67 Å². The maximum Gasteiger partial charge on any atom is 0.161 e. The van der Waals surface area contributed by atoms with Gasteiger partial charge in [-0.05, 0) is 24.1 Å². The number of benzene rings is 1. The third-order valence-corrected chi connectivity index (χ3v) is 2.89. The molecule has 1 saturated heterocycles. The van der Waals surface area contributed by atoms with Crippen molar-refractivity contribution in [1.82, 2.24) is 0 Å². The molecule has 2 nitrogen and oxygen atoms in total. The second-order valence-electron chi connectivity index (χ2n) is 3.96. The van der Waals surface area contributed by atoms with Crippen LogP contribution in [0.4, 0.5) is 4.39 Å². The van der Waals surface area contributed by atoms with Crippen molar-refractivity contribution >= 4 is 0 Å². The molecule has 0 radical (unpaired) electrons. The molecule has 1 aromatic carbocycles. The summed E-state index contributed by atoms with van der Waals surface area (Å²) in [5.41, 5.74) is 5.98. The summed E-state index contributed by atoms with van der Waals surface area (Å²) in [4.78, 5) is 0. The SMILES string of the molecule is NCCc1ccccc1C1(F)CCOC1. The maximum absolute atomic E-state index is 14.5. The van der Waals surface area contributed by atoms with E-state index in [4.69, 9.17) is 10.5 Å². The van der Waals surface area contributed by atoms with Crippen LogP contribution in [0.15, 0.2) is 24.3 Å². The van der Waals surface area contributed by atoms with E-state index in [0.717, 1.165) is 17.5 Å². The van der Waals surface area contributed by atoms with Crippen molar-refractivity contribution in [2.75, 3.05) is 19.8 Å². The summed E-state index contributed by atoms with van der Waals surface area (Å²) >= 11 is 0. The molecule has 1 fully saturated rings. The lowest BCUT2D eigenvalue weighted by Gasteiger charge is -2.21. The quantitative estimate of drug-likeness (QED) is 0.823. The van der Waals surface area contributed by atoms with Gasteiger partial charge in [0, 0.05) is 6.42 Å². The maximum atomic E-state index is 14.5. The minimum Gasteiger partial charge on any atom is -0.378 e. The fraction of sp³-hybridized carbons (Fsp3) is 0.500. The van der Waals surface area contributed by atoms with Gasteiger partial charge in [0.2, 0.25) is 0 Å². The molecular formula is C12H16FNO. The molecule has 15 heavy (non-hydrogen) atoms. The molecule has 1 aliphatic heterocycles. The van der Waals surface area contributed by atoms with Crippen LogP contribution in [-0.4, -0.2) is 19.8 Å². The molecule has 0 amide bonds. The van der Waals surface area contributed by atoms with E-state index in [0.29, 0.717) is 19.6 Å². The Morgan fingerprint density at radius 3 is 2.87 bits per heavy atom. The Kier molecular flexibility index (Phi) is 3.03. The molecule has 82 valence electrons. The third kappa shape index (κ3) is 2.03. The van der Waals surface area contributed by atoms with Crippen LogP contribution >= 0.6 is 0 Å². The predicted octanol–water partition coefficient (Wildman–Crippen LogP) is 1.77. The molecule has 0 spiro atoms. The van der Waals surface area contributed by atoms with Crippen LogP contribution in [0.1, 0.15) is 17.5 Å². The summed E-state index contributed by atoms with van der Waals surface area (Å²) in [7, 11) is 0. The number of hydrogen-bond acceptors (Lipinski definition) is 2. The molecular weight excluding hydrogens is 193 g/mol. The summed E-state index contributed by atoms with van der Waals surface area (Å²) in [6, 6.07) is 7.59. The number of halogens is 1. The summed E-state index contributed by atoms with van der Waals surface area (Å²) in [5, 5.41) is 0. The summed E-state index contributed by atoms with van der Waals surface area (Å²) in [6.07, 6.45) is 1.18. The molecule has 2 N–H and O–H groups in total. The number of rotatable bonds is 3. The first-order valence-corrected chi connectivity index (χ1v) is 5.31. The van der Waals surface area contributed by atoms with E-state index in [-0.39, 0.29) is 6.61 Å². The Hall–Kier alpha value is -0.930. The molecule has 0 aromatic heterocycles. The average molecular weight is 209 g/mol. The second kappa shape index (κ2) is 4.29. The molecule has 1 heterocycles. The molecule has 1 atom stereocenters. The first-order valence-electron chi connectivity index (χ1n) is 5.31. The zero-order valence-electron chi connectivity index (χ0n) is 8.71. The fourth-order valence-corrected chi connectivity index (χ4v) is 2.08. The van der Waals surface area contributed by atoms with Gasteiger partial charge in [-0.15, -0.1) is 0 Å². The van der Waals surface area contributed by atoms with E-state index in [9.17, 15) is 4.39 Å². The van der Waals surface area contributed by atoms with Crippen molar-refractivity contribution < 1.29 is 9.13 Å². The predicted molar refractivity (Wildman–Crippen MR) is 57.4 cm³/mol. The van der Waals surface area contributed by atoms with Crippen molar-refractivity contribution in [3.8, 4) is 0 Å². The number of hydrogen-bond donors (Lipinski definition) is 1. The first-order chi connectivity index (χ1) is 7.26. The van der Waals surface area contributed by atoms with Crippen molar-refractivity contribution in [2.24, 2.45) is 5.73 Å². The molecule has 1 aliphatic rings. The Balaban J connectivity index is 2.33. The van der Waals surface area contributed by atoms with Crippen molar-refractivity contribution in [1.29, 1.82) is 0 Å². The standard InChI is InChI=1S/C12H16FNO/c13-12(6-8-15-9-12)11-4-2-1-3-10(11)5-7-14/h1-4H,5-9,14H2. The zero-order valence-corrected chi connectivity index (χ0v) is 8.71. The van der Waals surface area contributed by atoms with Gasteiger partial charge in [0.25, 0.3) is 0 Å². The number of alkyl halides is 1. The van der Waals surface area contributed by atoms with Gasteiger partial charge < -0.3 is 10.5 Å². The first kappa shape index (κ1) is 10.6. The summed E-state index contributed by atoms with van der Waals surface area (Å²) in [5.74, 6) is 0. The van der Waals surface area contributed by atoms with Crippen LogP contribution in [-0.2, 0) is 16.8 Å². The van der Waals surface area contributed by atoms with Gasteiger partial charge >= 0.3 is 0 Å². The lowest BCUT2D eigenvalue weighted by Crippen LogP contribution is -2.22. The normalized spacial score (nSPS) is 25.7. The highest BCUT2D eigenvalue weighted by molar-refractivity contribution is 5.33. The van der Waals surface area contributed by atoms with Crippen LogP contribution in [0, 0.1) is 0 Å². The topological polar surface area (TPSA) is 35.2 Å². The molecule has 0 bridgehead atoms. The van der Waals surface area contributed by atoms with Crippen LogP contribution in [0.25, 0.3) is 0 Å².